The summed E-state index contributed by atoms with van der Waals surface area (Å²) >= 11 is 6.03. The summed E-state index contributed by atoms with van der Waals surface area (Å²) in [6.45, 7) is 2.43. The number of fused-ring (bicyclic) bond motifs is 1. The highest BCUT2D eigenvalue weighted by atomic mass is 35.5. The Hall–Kier alpha value is -3.07. The smallest absolute Gasteiger partial charge is 0.304 e. The van der Waals surface area contributed by atoms with Crippen LogP contribution in [-0.4, -0.2) is 57.1 Å². The number of aromatic nitrogens is 2. The van der Waals surface area contributed by atoms with Gasteiger partial charge in [-0.25, -0.2) is 0 Å². The minimum Gasteiger partial charge on any atom is -0.425 e. The van der Waals surface area contributed by atoms with Crippen LogP contribution in [0.1, 0.15) is 28.0 Å². The quantitative estimate of drug-likeness (QED) is 0.567. The van der Waals surface area contributed by atoms with Gasteiger partial charge in [-0.2, -0.15) is 4.98 Å². The predicted octanol–water partition coefficient (Wildman–Crippen LogP) is 3.24. The normalized spacial score (nSPS) is 15.8. The molecule has 1 aromatic heterocycles. The van der Waals surface area contributed by atoms with Crippen molar-refractivity contribution >= 4 is 23.3 Å². The Labute approximate surface area is 191 Å². The topological polar surface area (TPSA) is 91.1 Å². The van der Waals surface area contributed by atoms with Gasteiger partial charge in [0, 0.05) is 25.2 Å². The number of hydrogen-bond donors (Lipinski definition) is 2. The van der Waals surface area contributed by atoms with E-state index in [1.54, 1.807) is 23.7 Å². The summed E-state index contributed by atoms with van der Waals surface area (Å²) < 4.78 is 7.77. The number of benzene rings is 2. The van der Waals surface area contributed by atoms with Crippen LogP contribution in [0.4, 0.5) is 5.82 Å². The van der Waals surface area contributed by atoms with Crippen LogP contribution in [0.25, 0.3) is 0 Å². The molecule has 0 fully saturated rings. The largest absolute Gasteiger partial charge is 0.425 e. The van der Waals surface area contributed by atoms with E-state index >= 15 is 0 Å². The second-order valence-electron chi connectivity index (χ2n) is 7.73. The Morgan fingerprint density at radius 2 is 1.81 bits per heavy atom. The van der Waals surface area contributed by atoms with E-state index in [1.807, 2.05) is 43.3 Å². The average molecular weight is 457 g/mol. The molecule has 4 rings (SSSR count). The first-order valence-corrected chi connectivity index (χ1v) is 10.7. The van der Waals surface area contributed by atoms with E-state index in [0.717, 1.165) is 11.1 Å². The number of halogens is 1. The van der Waals surface area contributed by atoms with Gasteiger partial charge in [0.2, 0.25) is 6.35 Å². The summed E-state index contributed by atoms with van der Waals surface area (Å²) in [5.41, 5.74) is 2.32. The number of aliphatic hydroxyl groups excluding tert-OH is 2. The highest BCUT2D eigenvalue weighted by Crippen LogP contribution is 2.35. The van der Waals surface area contributed by atoms with Crippen molar-refractivity contribution in [1.29, 1.82) is 0 Å². The van der Waals surface area contributed by atoms with E-state index in [0.29, 0.717) is 35.2 Å². The summed E-state index contributed by atoms with van der Waals surface area (Å²) in [4.78, 5) is 20.8. The molecule has 1 aliphatic heterocycles. The Balaban J connectivity index is 1.78. The molecule has 0 spiro atoms. The molecule has 8 nitrogen and oxygen atoms in total. The van der Waals surface area contributed by atoms with Crippen LogP contribution in [0.5, 0.6) is 11.8 Å². The molecular formula is C23H25ClN4O4. The number of ether oxygens (including phenoxy) is 1. The lowest BCUT2D eigenvalue weighted by Gasteiger charge is -2.38. The molecule has 1 unspecified atom stereocenters. The van der Waals surface area contributed by atoms with Gasteiger partial charge in [0.05, 0.1) is 6.54 Å². The van der Waals surface area contributed by atoms with Crippen LogP contribution in [-0.2, 0) is 6.54 Å². The van der Waals surface area contributed by atoms with Crippen molar-refractivity contribution in [2.45, 2.75) is 26.2 Å². The average Bonchev–Trinajstić information content (AvgIpc) is 3.13. The SMILES string of the molecule is Cc1ccc(Oc2nc3c(n2Cc2ccc(Cl)cc2)C(=O)N(CCCO)C(O)N3C)cc1. The lowest BCUT2D eigenvalue weighted by Crippen LogP contribution is -2.54. The van der Waals surface area contributed by atoms with Crippen molar-refractivity contribution < 1.29 is 19.7 Å². The van der Waals surface area contributed by atoms with Crippen molar-refractivity contribution in [3.8, 4) is 11.8 Å². The van der Waals surface area contributed by atoms with Crippen molar-refractivity contribution in [3.05, 3.63) is 70.4 Å². The number of anilines is 1. The molecule has 1 aliphatic rings. The van der Waals surface area contributed by atoms with E-state index in [2.05, 4.69) is 4.98 Å². The third-order valence-electron chi connectivity index (χ3n) is 5.38. The summed E-state index contributed by atoms with van der Waals surface area (Å²) in [5, 5.41) is 20.5. The second kappa shape index (κ2) is 9.20. The standard InChI is InChI=1S/C23H25ClN4O4/c1-15-4-10-18(11-5-15)32-22-25-20-19(28(22)14-16-6-8-17(24)9-7-16)21(30)27(12-3-13-29)23(31)26(20)2/h4-11,23,29,31H,3,12-14H2,1-2H3. The summed E-state index contributed by atoms with van der Waals surface area (Å²) in [5.74, 6) is 0.543. The van der Waals surface area contributed by atoms with E-state index < -0.39 is 6.35 Å². The Morgan fingerprint density at radius 1 is 1.12 bits per heavy atom. The highest BCUT2D eigenvalue weighted by Gasteiger charge is 2.40. The highest BCUT2D eigenvalue weighted by molar-refractivity contribution is 6.30. The first kappa shape index (κ1) is 22.1. The van der Waals surface area contributed by atoms with Crippen molar-refractivity contribution in [2.24, 2.45) is 0 Å². The molecule has 0 aliphatic carbocycles. The number of aryl methyl sites for hydroxylation is 1. The molecule has 1 atom stereocenters. The number of rotatable bonds is 7. The number of hydrogen-bond acceptors (Lipinski definition) is 6. The van der Waals surface area contributed by atoms with Gasteiger partial charge in [-0.15, -0.1) is 0 Å². The van der Waals surface area contributed by atoms with Gasteiger partial charge in [-0.05, 0) is 43.2 Å². The molecule has 32 heavy (non-hydrogen) atoms. The Bertz CT molecular complexity index is 1100. The third-order valence-corrected chi connectivity index (χ3v) is 5.63. The maximum absolute atomic E-state index is 13.4. The molecule has 1 amide bonds. The van der Waals surface area contributed by atoms with Crippen molar-refractivity contribution in [3.63, 3.8) is 0 Å². The van der Waals surface area contributed by atoms with E-state index in [9.17, 15) is 15.0 Å². The van der Waals surface area contributed by atoms with Gasteiger partial charge < -0.3 is 19.8 Å². The zero-order valence-corrected chi connectivity index (χ0v) is 18.7. The molecule has 0 radical (unpaired) electrons. The minimum atomic E-state index is -1.19. The minimum absolute atomic E-state index is 0.0844. The molecule has 168 valence electrons. The maximum Gasteiger partial charge on any atom is 0.304 e. The van der Waals surface area contributed by atoms with Crippen molar-refractivity contribution in [1.82, 2.24) is 14.5 Å². The monoisotopic (exact) mass is 456 g/mol. The number of carbonyl (C=O) groups is 1. The van der Waals surface area contributed by atoms with Gasteiger partial charge >= 0.3 is 6.01 Å². The molecule has 3 aromatic rings. The van der Waals surface area contributed by atoms with Gasteiger partial charge in [0.15, 0.2) is 11.5 Å². The molecular weight excluding hydrogens is 432 g/mol. The van der Waals surface area contributed by atoms with Crippen LogP contribution in [0.3, 0.4) is 0 Å². The molecule has 0 saturated carbocycles. The molecule has 2 N–H and O–H groups in total. The van der Waals surface area contributed by atoms with Crippen LogP contribution in [0.2, 0.25) is 5.02 Å². The van der Waals surface area contributed by atoms with E-state index in [4.69, 9.17) is 16.3 Å². The first-order valence-electron chi connectivity index (χ1n) is 10.3. The second-order valence-corrected chi connectivity index (χ2v) is 8.16. The molecule has 2 heterocycles. The number of imidazole rings is 1. The van der Waals surface area contributed by atoms with Crippen LogP contribution < -0.4 is 9.64 Å². The molecule has 0 saturated heterocycles. The fraction of sp³-hybridized carbons (Fsp3) is 0.304. The Kier molecular flexibility index (Phi) is 6.36. The third kappa shape index (κ3) is 4.29. The molecule has 0 bridgehead atoms. The number of carbonyl (C=O) groups excluding carboxylic acids is 1. The van der Waals surface area contributed by atoms with Crippen LogP contribution in [0.15, 0.2) is 48.5 Å². The maximum atomic E-state index is 13.4. The fourth-order valence-corrected chi connectivity index (χ4v) is 3.73. The lowest BCUT2D eigenvalue weighted by atomic mass is 10.2. The molecule has 9 heteroatoms. The first-order chi connectivity index (χ1) is 15.4. The van der Waals surface area contributed by atoms with Gasteiger partial charge in [-0.3, -0.25) is 14.3 Å². The van der Waals surface area contributed by atoms with Crippen LogP contribution >= 0.6 is 11.6 Å². The van der Waals surface area contributed by atoms with Gasteiger partial charge in [0.25, 0.3) is 5.91 Å². The Morgan fingerprint density at radius 3 is 2.47 bits per heavy atom. The van der Waals surface area contributed by atoms with E-state index in [-0.39, 0.29) is 25.1 Å². The lowest BCUT2D eigenvalue weighted by molar-refractivity contribution is 0.00112. The predicted molar refractivity (Wildman–Crippen MR) is 121 cm³/mol. The number of aliphatic hydroxyl groups is 2. The molecule has 2 aromatic carbocycles. The number of nitrogens with zero attached hydrogens (tertiary/aromatic N) is 4. The zero-order valence-electron chi connectivity index (χ0n) is 17.9. The van der Waals surface area contributed by atoms with Crippen LogP contribution in [0, 0.1) is 6.92 Å². The van der Waals surface area contributed by atoms with E-state index in [1.165, 1.54) is 9.80 Å². The summed E-state index contributed by atoms with van der Waals surface area (Å²) in [7, 11) is 1.66. The number of amides is 1. The fourth-order valence-electron chi connectivity index (χ4n) is 3.60. The van der Waals surface area contributed by atoms with Gasteiger partial charge in [-0.1, -0.05) is 41.4 Å². The summed E-state index contributed by atoms with van der Waals surface area (Å²) in [6, 6.07) is 15.1. The summed E-state index contributed by atoms with van der Waals surface area (Å²) in [6.07, 6.45) is -0.836. The zero-order chi connectivity index (χ0) is 22.8. The van der Waals surface area contributed by atoms with Crippen molar-refractivity contribution in [2.75, 3.05) is 25.1 Å². The van der Waals surface area contributed by atoms with Gasteiger partial charge in [0.1, 0.15) is 5.75 Å².